The maximum atomic E-state index is 14.3. The fourth-order valence-electron chi connectivity index (χ4n) is 4.51. The SMILES string of the molecule is CCCNC(=O)[C@@H]1CC(F)(F)CN1C(=O)[C@@H](O)C(Cc1ccccc1)NC(=O)COc1c(C)cccc1C. The third-order valence-electron chi connectivity index (χ3n) is 6.44. The Bertz CT molecular complexity index is 1110. The highest BCUT2D eigenvalue weighted by molar-refractivity contribution is 5.91. The van der Waals surface area contributed by atoms with Crippen LogP contribution in [0.5, 0.6) is 5.75 Å². The van der Waals surface area contributed by atoms with Gasteiger partial charge in [0.1, 0.15) is 11.8 Å². The van der Waals surface area contributed by atoms with Crippen LogP contribution in [0.4, 0.5) is 8.78 Å². The molecule has 0 spiro atoms. The number of nitrogens with zero attached hydrogens (tertiary/aromatic N) is 1. The molecule has 0 aromatic heterocycles. The maximum Gasteiger partial charge on any atom is 0.267 e. The molecular formula is C28H35F2N3O5. The lowest BCUT2D eigenvalue weighted by atomic mass is 9.99. The Hall–Kier alpha value is -3.53. The average Bonchev–Trinajstić information content (AvgIpc) is 3.21. The summed E-state index contributed by atoms with van der Waals surface area (Å²) in [6.07, 6.45) is -2.05. The topological polar surface area (TPSA) is 108 Å². The zero-order valence-corrected chi connectivity index (χ0v) is 21.9. The van der Waals surface area contributed by atoms with Crippen LogP contribution in [0.25, 0.3) is 0 Å². The van der Waals surface area contributed by atoms with Crippen molar-refractivity contribution in [2.75, 3.05) is 19.7 Å². The minimum absolute atomic E-state index is 0.0554. The van der Waals surface area contributed by atoms with Crippen molar-refractivity contribution in [3.05, 3.63) is 65.2 Å². The van der Waals surface area contributed by atoms with Crippen LogP contribution in [0.1, 0.15) is 36.5 Å². The van der Waals surface area contributed by atoms with E-state index in [1.807, 2.05) is 39.0 Å². The number of ether oxygens (including phenoxy) is 1. The molecule has 0 radical (unpaired) electrons. The molecule has 3 rings (SSSR count). The van der Waals surface area contributed by atoms with Crippen LogP contribution >= 0.6 is 0 Å². The van der Waals surface area contributed by atoms with Crippen molar-refractivity contribution in [3.8, 4) is 5.75 Å². The molecule has 8 nitrogen and oxygen atoms in total. The Morgan fingerprint density at radius 3 is 2.39 bits per heavy atom. The van der Waals surface area contributed by atoms with Gasteiger partial charge in [-0.3, -0.25) is 14.4 Å². The van der Waals surface area contributed by atoms with Gasteiger partial charge in [0.05, 0.1) is 12.6 Å². The Balaban J connectivity index is 1.77. The first-order valence-corrected chi connectivity index (χ1v) is 12.7. The fraction of sp³-hybridized carbons (Fsp3) is 0.464. The Labute approximate surface area is 221 Å². The van der Waals surface area contributed by atoms with Gasteiger partial charge in [0.25, 0.3) is 17.7 Å². The molecular weight excluding hydrogens is 496 g/mol. The molecule has 2 aromatic rings. The Morgan fingerprint density at radius 1 is 1.11 bits per heavy atom. The van der Waals surface area contributed by atoms with Crippen molar-refractivity contribution in [1.82, 2.24) is 15.5 Å². The summed E-state index contributed by atoms with van der Waals surface area (Å²) in [5, 5.41) is 16.2. The molecule has 0 bridgehead atoms. The van der Waals surface area contributed by atoms with Gasteiger partial charge in [0.15, 0.2) is 12.7 Å². The number of para-hydroxylation sites is 1. The van der Waals surface area contributed by atoms with E-state index in [2.05, 4.69) is 10.6 Å². The van der Waals surface area contributed by atoms with Crippen LogP contribution in [0.2, 0.25) is 0 Å². The number of carbonyl (C=O) groups is 3. The van der Waals surface area contributed by atoms with Crippen molar-refractivity contribution in [3.63, 3.8) is 0 Å². The van der Waals surface area contributed by atoms with E-state index in [9.17, 15) is 28.3 Å². The second kappa shape index (κ2) is 12.8. The predicted octanol–water partition coefficient (Wildman–Crippen LogP) is 2.53. The highest BCUT2D eigenvalue weighted by Crippen LogP contribution is 2.33. The lowest BCUT2D eigenvalue weighted by Gasteiger charge is -2.30. The number of carbonyl (C=O) groups excluding carboxylic acids is 3. The summed E-state index contributed by atoms with van der Waals surface area (Å²) in [4.78, 5) is 39.4. The molecule has 3 atom stereocenters. The molecule has 10 heteroatoms. The number of aliphatic hydroxyl groups is 1. The molecule has 1 fully saturated rings. The Morgan fingerprint density at radius 2 is 1.76 bits per heavy atom. The normalized spacial score (nSPS) is 17.9. The molecule has 38 heavy (non-hydrogen) atoms. The third-order valence-corrected chi connectivity index (χ3v) is 6.44. The van der Waals surface area contributed by atoms with Gasteiger partial charge in [-0.25, -0.2) is 8.78 Å². The number of aryl methyl sites for hydroxylation is 2. The van der Waals surface area contributed by atoms with E-state index in [4.69, 9.17) is 4.74 Å². The van der Waals surface area contributed by atoms with E-state index in [1.165, 1.54) is 0 Å². The molecule has 0 saturated carbocycles. The van der Waals surface area contributed by atoms with Crippen LogP contribution < -0.4 is 15.4 Å². The van der Waals surface area contributed by atoms with Crippen molar-refractivity contribution in [2.24, 2.45) is 0 Å². The van der Waals surface area contributed by atoms with E-state index in [-0.39, 0.29) is 19.6 Å². The molecule has 206 valence electrons. The summed E-state index contributed by atoms with van der Waals surface area (Å²) in [6.45, 7) is 4.42. The van der Waals surface area contributed by atoms with E-state index in [1.54, 1.807) is 30.3 Å². The van der Waals surface area contributed by atoms with Crippen molar-refractivity contribution in [2.45, 2.75) is 64.1 Å². The van der Waals surface area contributed by atoms with Gasteiger partial charge in [-0.15, -0.1) is 0 Å². The zero-order chi connectivity index (χ0) is 27.9. The first-order chi connectivity index (χ1) is 18.0. The third kappa shape index (κ3) is 7.50. The minimum atomic E-state index is -3.28. The van der Waals surface area contributed by atoms with Crippen molar-refractivity contribution >= 4 is 17.7 Å². The highest BCUT2D eigenvalue weighted by atomic mass is 19.3. The molecule has 1 unspecified atom stereocenters. The number of halogens is 2. The van der Waals surface area contributed by atoms with Crippen LogP contribution in [0, 0.1) is 13.8 Å². The van der Waals surface area contributed by atoms with Crippen LogP contribution in [-0.4, -0.2) is 71.5 Å². The number of amides is 3. The van der Waals surface area contributed by atoms with Crippen molar-refractivity contribution in [1.29, 1.82) is 0 Å². The fourth-order valence-corrected chi connectivity index (χ4v) is 4.51. The molecule has 1 aliphatic rings. The molecule has 3 amide bonds. The minimum Gasteiger partial charge on any atom is -0.483 e. The highest BCUT2D eigenvalue weighted by Gasteiger charge is 2.51. The summed E-state index contributed by atoms with van der Waals surface area (Å²) in [6, 6.07) is 11.8. The van der Waals surface area contributed by atoms with Gasteiger partial charge in [-0.05, 0) is 43.4 Å². The van der Waals surface area contributed by atoms with Gasteiger partial charge in [-0.2, -0.15) is 0 Å². The summed E-state index contributed by atoms with van der Waals surface area (Å²) in [7, 11) is 0. The summed E-state index contributed by atoms with van der Waals surface area (Å²) < 4.78 is 34.3. The number of alkyl halides is 2. The molecule has 3 N–H and O–H groups in total. The second-order valence-electron chi connectivity index (χ2n) is 9.65. The summed E-state index contributed by atoms with van der Waals surface area (Å²) in [5.41, 5.74) is 2.40. The summed E-state index contributed by atoms with van der Waals surface area (Å²) in [5.74, 6) is -5.06. The predicted molar refractivity (Wildman–Crippen MR) is 138 cm³/mol. The molecule has 0 aliphatic carbocycles. The first kappa shape index (κ1) is 29.0. The van der Waals surface area contributed by atoms with Crippen LogP contribution in [0.3, 0.4) is 0 Å². The quantitative estimate of drug-likeness (QED) is 0.413. The van der Waals surface area contributed by atoms with Gasteiger partial charge < -0.3 is 25.4 Å². The monoisotopic (exact) mass is 531 g/mol. The first-order valence-electron chi connectivity index (χ1n) is 12.7. The smallest absolute Gasteiger partial charge is 0.267 e. The number of likely N-dealkylation sites (tertiary alicyclic amines) is 1. The molecule has 1 aliphatic heterocycles. The van der Waals surface area contributed by atoms with E-state index in [0.717, 1.165) is 11.1 Å². The molecule has 1 saturated heterocycles. The number of aliphatic hydroxyl groups excluding tert-OH is 1. The van der Waals surface area contributed by atoms with Crippen LogP contribution in [0.15, 0.2) is 48.5 Å². The van der Waals surface area contributed by atoms with E-state index >= 15 is 0 Å². The van der Waals surface area contributed by atoms with Gasteiger partial charge >= 0.3 is 0 Å². The summed E-state index contributed by atoms with van der Waals surface area (Å²) >= 11 is 0. The van der Waals surface area contributed by atoms with Crippen molar-refractivity contribution < 1.29 is 33.0 Å². The van der Waals surface area contributed by atoms with Crippen LogP contribution in [-0.2, 0) is 20.8 Å². The number of hydrogen-bond donors (Lipinski definition) is 3. The standard InChI is InChI=1S/C28H35F2N3O5/c1-4-13-31-26(36)22-15-28(29,30)17-33(22)27(37)24(35)21(14-20-11-6-5-7-12-20)32-23(34)16-38-25-18(2)9-8-10-19(25)3/h5-12,21-22,24,35H,4,13-17H2,1-3H3,(H,31,36)(H,32,34)/t21?,22-,24-/m0/s1. The zero-order valence-electron chi connectivity index (χ0n) is 21.9. The Kier molecular flexibility index (Phi) is 9.79. The van der Waals surface area contributed by atoms with Gasteiger partial charge in [-0.1, -0.05) is 55.5 Å². The van der Waals surface area contributed by atoms with Gasteiger partial charge in [0.2, 0.25) is 5.91 Å². The second-order valence-corrected chi connectivity index (χ2v) is 9.65. The lowest BCUT2D eigenvalue weighted by Crippen LogP contribution is -2.56. The average molecular weight is 532 g/mol. The lowest BCUT2D eigenvalue weighted by molar-refractivity contribution is -0.147. The number of benzene rings is 2. The van der Waals surface area contributed by atoms with E-state index < -0.39 is 54.8 Å². The van der Waals surface area contributed by atoms with E-state index in [0.29, 0.717) is 22.6 Å². The number of rotatable bonds is 11. The molecule has 2 aromatic carbocycles. The maximum absolute atomic E-state index is 14.3. The molecule has 1 heterocycles. The number of hydrogen-bond acceptors (Lipinski definition) is 5. The number of nitrogens with one attached hydrogen (secondary N) is 2. The van der Waals surface area contributed by atoms with Gasteiger partial charge in [0, 0.05) is 13.0 Å². The largest absolute Gasteiger partial charge is 0.483 e.